The summed E-state index contributed by atoms with van der Waals surface area (Å²) in [5.74, 6) is 0.633. The second-order valence-corrected chi connectivity index (χ2v) is 2.85. The summed E-state index contributed by atoms with van der Waals surface area (Å²) in [7, 11) is 0. The molecule has 0 rings (SSSR count). The first-order valence-corrected chi connectivity index (χ1v) is 4.09. The third-order valence-electron chi connectivity index (χ3n) is 0.244. The van der Waals surface area contributed by atoms with Crippen LogP contribution in [0, 0.1) is 10.2 Å². The molecular formula is C3H4ClNSe. The Morgan fingerprint density at radius 3 is 2.67 bits per heavy atom. The quantitative estimate of drug-likeness (QED) is 0.340. The van der Waals surface area contributed by atoms with E-state index in [-0.39, 0.29) is 15.0 Å². The third kappa shape index (κ3) is 4.30. The standard InChI is InChI=1S/C3H4ClNSe/c4-1-2-6-3-5/h1-2H2. The van der Waals surface area contributed by atoms with Gasteiger partial charge in [0.15, 0.2) is 0 Å². The Balaban J connectivity index is 2.54. The van der Waals surface area contributed by atoms with E-state index in [0.29, 0.717) is 5.88 Å². The van der Waals surface area contributed by atoms with Gasteiger partial charge in [-0.3, -0.25) is 0 Å². The van der Waals surface area contributed by atoms with Crippen LogP contribution in [0.2, 0.25) is 5.32 Å². The van der Waals surface area contributed by atoms with Crippen molar-refractivity contribution in [1.82, 2.24) is 0 Å². The molecule has 0 heterocycles. The van der Waals surface area contributed by atoms with E-state index in [1.54, 1.807) is 0 Å². The minimum absolute atomic E-state index is 0.141. The van der Waals surface area contributed by atoms with E-state index in [0.717, 1.165) is 5.32 Å². The van der Waals surface area contributed by atoms with Crippen LogP contribution in [0.15, 0.2) is 0 Å². The molecule has 0 saturated carbocycles. The molecule has 0 aliphatic heterocycles. The van der Waals surface area contributed by atoms with Gasteiger partial charge in [-0.15, -0.1) is 0 Å². The summed E-state index contributed by atoms with van der Waals surface area (Å²) >= 11 is 5.39. The van der Waals surface area contributed by atoms with Gasteiger partial charge < -0.3 is 0 Å². The summed E-state index contributed by atoms with van der Waals surface area (Å²) in [5, 5.41) is 8.80. The molecule has 0 aromatic carbocycles. The van der Waals surface area contributed by atoms with E-state index in [1.165, 1.54) is 0 Å². The fraction of sp³-hybridized carbons (Fsp3) is 0.667. The monoisotopic (exact) mass is 169 g/mol. The molecule has 0 radical (unpaired) electrons. The molecular weight excluding hydrogens is 164 g/mol. The zero-order valence-corrected chi connectivity index (χ0v) is 5.62. The SMILES string of the molecule is N#C[Se]CCCl. The number of hydrogen-bond donors (Lipinski definition) is 0. The number of rotatable bonds is 2. The van der Waals surface area contributed by atoms with E-state index >= 15 is 0 Å². The molecule has 0 spiro atoms. The van der Waals surface area contributed by atoms with Gasteiger partial charge in [-0.2, -0.15) is 0 Å². The molecule has 3 heteroatoms. The Hall–Kier alpha value is 0.299. The summed E-state index contributed by atoms with van der Waals surface area (Å²) in [5.41, 5.74) is 0. The molecule has 34 valence electrons. The maximum atomic E-state index is 7.92. The van der Waals surface area contributed by atoms with Gasteiger partial charge in [-0.1, -0.05) is 0 Å². The first-order chi connectivity index (χ1) is 2.91. The van der Waals surface area contributed by atoms with Gasteiger partial charge in [0.2, 0.25) is 0 Å². The van der Waals surface area contributed by atoms with Crippen molar-refractivity contribution in [2.45, 2.75) is 5.32 Å². The van der Waals surface area contributed by atoms with Crippen molar-refractivity contribution in [2.75, 3.05) is 5.88 Å². The van der Waals surface area contributed by atoms with Crippen molar-refractivity contribution in [2.24, 2.45) is 0 Å². The van der Waals surface area contributed by atoms with Crippen LogP contribution >= 0.6 is 11.6 Å². The maximum absolute atomic E-state index is 7.92. The van der Waals surface area contributed by atoms with Gasteiger partial charge in [-0.25, -0.2) is 0 Å². The van der Waals surface area contributed by atoms with Gasteiger partial charge in [-0.05, 0) is 0 Å². The number of alkyl halides is 1. The van der Waals surface area contributed by atoms with E-state index in [2.05, 4.69) is 0 Å². The van der Waals surface area contributed by atoms with Gasteiger partial charge in [0.25, 0.3) is 0 Å². The second kappa shape index (κ2) is 5.30. The molecule has 0 aliphatic rings. The minimum atomic E-state index is 0.141. The van der Waals surface area contributed by atoms with Crippen molar-refractivity contribution in [3.63, 3.8) is 0 Å². The predicted molar refractivity (Wildman–Crippen MR) is 26.9 cm³/mol. The van der Waals surface area contributed by atoms with Crippen LogP contribution in [0.1, 0.15) is 0 Å². The average Bonchev–Trinajstić information content (AvgIpc) is 1.61. The summed E-state index contributed by atoms with van der Waals surface area (Å²) in [4.78, 5) is 2.05. The van der Waals surface area contributed by atoms with E-state index < -0.39 is 0 Å². The topological polar surface area (TPSA) is 23.8 Å². The summed E-state index contributed by atoms with van der Waals surface area (Å²) in [6.45, 7) is 0. The van der Waals surface area contributed by atoms with Gasteiger partial charge in [0.05, 0.1) is 0 Å². The van der Waals surface area contributed by atoms with E-state index in [1.807, 2.05) is 4.97 Å². The molecule has 0 bridgehead atoms. The van der Waals surface area contributed by atoms with Crippen LogP contribution in [-0.2, 0) is 0 Å². The Morgan fingerprint density at radius 2 is 2.50 bits per heavy atom. The zero-order valence-electron chi connectivity index (χ0n) is 3.15. The molecule has 0 N–H and O–H groups in total. The van der Waals surface area contributed by atoms with Crippen LogP contribution in [0.5, 0.6) is 0 Å². The summed E-state index contributed by atoms with van der Waals surface area (Å²) in [6.07, 6.45) is 0. The number of halogens is 1. The summed E-state index contributed by atoms with van der Waals surface area (Å²) < 4.78 is 0. The van der Waals surface area contributed by atoms with Crippen LogP contribution in [0.3, 0.4) is 0 Å². The van der Waals surface area contributed by atoms with Crippen LogP contribution in [0.25, 0.3) is 0 Å². The number of hydrogen-bond acceptors (Lipinski definition) is 1. The molecule has 1 nitrogen and oxygen atoms in total. The Kier molecular flexibility index (Phi) is 5.56. The first kappa shape index (κ1) is 6.30. The molecule has 0 aromatic rings. The van der Waals surface area contributed by atoms with Gasteiger partial charge in [0, 0.05) is 0 Å². The molecule has 0 unspecified atom stereocenters. The molecule has 0 saturated heterocycles. The first-order valence-electron chi connectivity index (χ1n) is 1.48. The normalized spacial score (nSPS) is 7.33. The third-order valence-corrected chi connectivity index (χ3v) is 2.07. The number of nitrogens with zero attached hydrogens (tertiary/aromatic N) is 1. The van der Waals surface area contributed by atoms with Crippen molar-refractivity contribution in [1.29, 1.82) is 5.26 Å². The van der Waals surface area contributed by atoms with Gasteiger partial charge >= 0.3 is 48.0 Å². The van der Waals surface area contributed by atoms with E-state index in [9.17, 15) is 0 Å². The molecule has 0 atom stereocenters. The zero-order chi connectivity index (χ0) is 4.83. The van der Waals surface area contributed by atoms with Crippen LogP contribution < -0.4 is 0 Å². The van der Waals surface area contributed by atoms with Crippen LogP contribution in [-0.4, -0.2) is 20.8 Å². The van der Waals surface area contributed by atoms with Crippen molar-refractivity contribution < 1.29 is 0 Å². The molecule has 0 amide bonds. The van der Waals surface area contributed by atoms with Crippen LogP contribution in [0.4, 0.5) is 0 Å². The molecule has 0 aliphatic carbocycles. The fourth-order valence-electron chi connectivity index (χ4n) is 0.0842. The van der Waals surface area contributed by atoms with E-state index in [4.69, 9.17) is 16.9 Å². The predicted octanol–water partition coefficient (Wildman–Crippen LogP) is 0.829. The fourth-order valence-corrected chi connectivity index (χ4v) is 0.839. The average molecular weight is 168 g/mol. The molecule has 6 heavy (non-hydrogen) atoms. The van der Waals surface area contributed by atoms with Crippen molar-refractivity contribution in [3.8, 4) is 4.97 Å². The van der Waals surface area contributed by atoms with Crippen molar-refractivity contribution >= 4 is 26.6 Å². The van der Waals surface area contributed by atoms with Gasteiger partial charge in [0.1, 0.15) is 0 Å². The summed E-state index contributed by atoms with van der Waals surface area (Å²) in [6, 6.07) is 0. The molecule has 0 aromatic heterocycles. The Bertz CT molecular complexity index is 58.3. The Labute approximate surface area is 48.4 Å². The molecule has 0 fully saturated rings. The second-order valence-electron chi connectivity index (χ2n) is 0.629. The number of nitriles is 1. The Morgan fingerprint density at radius 1 is 1.83 bits per heavy atom. The van der Waals surface area contributed by atoms with Crippen molar-refractivity contribution in [3.05, 3.63) is 0 Å².